The molecule has 1 aliphatic carbocycles. The fourth-order valence-electron chi connectivity index (χ4n) is 4.52. The summed E-state index contributed by atoms with van der Waals surface area (Å²) in [6, 6.07) is 3.89. The van der Waals surface area contributed by atoms with Gasteiger partial charge in [0.05, 0.1) is 36.7 Å². The number of rotatable bonds is 3. The molecule has 0 spiro atoms. The molecular weight excluding hydrogens is 433 g/mol. The molecule has 0 unspecified atom stereocenters. The van der Waals surface area contributed by atoms with Crippen molar-refractivity contribution in [1.82, 2.24) is 25.1 Å². The largest absolute Gasteiger partial charge is 0.391 e. The molecule has 3 aromatic rings. The number of morpholine rings is 1. The molecule has 2 fully saturated rings. The molecule has 0 amide bonds. The van der Waals surface area contributed by atoms with Crippen molar-refractivity contribution >= 4 is 17.0 Å². The summed E-state index contributed by atoms with van der Waals surface area (Å²) < 4.78 is 45.4. The Labute approximate surface area is 189 Å². The van der Waals surface area contributed by atoms with E-state index in [1.807, 2.05) is 37.8 Å². The molecule has 1 saturated carbocycles. The zero-order valence-electron chi connectivity index (χ0n) is 18.7. The highest BCUT2D eigenvalue weighted by Gasteiger charge is 2.49. The summed E-state index contributed by atoms with van der Waals surface area (Å²) in [6.45, 7) is 7.29. The standard InChI is InChI=1S/C23H25F3N6O/c1-12-6-18-20(15-8-17(9-15)23(24,25)26)29-22(30-21(18)28-14(12)3)32-4-5-33-19(11-32)16-7-13(2)31-27-10-16/h6-7,10,15,17,19H,4-5,8-9,11H2,1-3H3/t15-,17-,19-/m0/s1. The van der Waals surface area contributed by atoms with Gasteiger partial charge in [0, 0.05) is 29.1 Å². The van der Waals surface area contributed by atoms with Crippen LogP contribution in [0.1, 0.15) is 53.1 Å². The molecule has 10 heteroatoms. The maximum Gasteiger partial charge on any atom is 0.391 e. The highest BCUT2D eigenvalue weighted by atomic mass is 19.4. The Balaban J connectivity index is 1.50. The van der Waals surface area contributed by atoms with E-state index in [1.54, 1.807) is 6.20 Å². The lowest BCUT2D eigenvalue weighted by Gasteiger charge is -2.37. The van der Waals surface area contributed by atoms with Gasteiger partial charge >= 0.3 is 6.18 Å². The predicted molar refractivity (Wildman–Crippen MR) is 116 cm³/mol. The van der Waals surface area contributed by atoms with Gasteiger partial charge in [-0.2, -0.15) is 28.4 Å². The van der Waals surface area contributed by atoms with Crippen LogP contribution in [0.4, 0.5) is 19.1 Å². The fourth-order valence-corrected chi connectivity index (χ4v) is 4.52. The molecule has 3 aromatic heterocycles. The van der Waals surface area contributed by atoms with Crippen LogP contribution in [-0.2, 0) is 4.74 Å². The molecule has 1 saturated heterocycles. The van der Waals surface area contributed by atoms with Crippen molar-refractivity contribution < 1.29 is 17.9 Å². The first kappa shape index (κ1) is 21.9. The van der Waals surface area contributed by atoms with E-state index in [0.717, 1.165) is 27.9 Å². The quantitative estimate of drug-likeness (QED) is 0.577. The van der Waals surface area contributed by atoms with Gasteiger partial charge < -0.3 is 9.64 Å². The van der Waals surface area contributed by atoms with Crippen molar-refractivity contribution in [2.75, 3.05) is 24.6 Å². The van der Waals surface area contributed by atoms with Crippen molar-refractivity contribution in [3.8, 4) is 0 Å². The van der Waals surface area contributed by atoms with Gasteiger partial charge in [-0.05, 0) is 51.3 Å². The zero-order chi connectivity index (χ0) is 23.3. The van der Waals surface area contributed by atoms with E-state index in [0.29, 0.717) is 37.0 Å². The van der Waals surface area contributed by atoms with E-state index in [4.69, 9.17) is 14.7 Å². The van der Waals surface area contributed by atoms with Gasteiger partial charge in [0.2, 0.25) is 5.95 Å². The molecule has 1 aliphatic heterocycles. The number of nitrogens with zero attached hydrogens (tertiary/aromatic N) is 6. The second kappa shape index (κ2) is 8.16. The number of aromatic nitrogens is 5. The molecule has 2 aliphatic rings. The average Bonchev–Trinajstić information content (AvgIpc) is 2.73. The molecule has 33 heavy (non-hydrogen) atoms. The Hall–Kier alpha value is -2.88. The van der Waals surface area contributed by atoms with E-state index in [9.17, 15) is 13.2 Å². The van der Waals surface area contributed by atoms with Gasteiger partial charge in [-0.3, -0.25) is 0 Å². The minimum Gasteiger partial charge on any atom is -0.370 e. The molecule has 5 rings (SSSR count). The summed E-state index contributed by atoms with van der Waals surface area (Å²) in [5.41, 5.74) is 4.73. The van der Waals surface area contributed by atoms with Gasteiger partial charge in [0.15, 0.2) is 5.65 Å². The number of fused-ring (bicyclic) bond motifs is 1. The third kappa shape index (κ3) is 4.23. The summed E-state index contributed by atoms with van der Waals surface area (Å²) in [5.74, 6) is -1.05. The second-order valence-electron chi connectivity index (χ2n) is 9.01. The van der Waals surface area contributed by atoms with Crippen LogP contribution in [-0.4, -0.2) is 51.0 Å². The van der Waals surface area contributed by atoms with Crippen LogP contribution in [0.25, 0.3) is 11.0 Å². The third-order valence-corrected chi connectivity index (χ3v) is 6.65. The Morgan fingerprint density at radius 1 is 1.06 bits per heavy atom. The molecule has 0 aromatic carbocycles. The van der Waals surface area contributed by atoms with E-state index in [1.165, 1.54) is 0 Å². The molecule has 0 radical (unpaired) electrons. The number of aryl methyl sites for hydroxylation is 3. The minimum atomic E-state index is -4.17. The lowest BCUT2D eigenvalue weighted by Crippen LogP contribution is -2.40. The zero-order valence-corrected chi connectivity index (χ0v) is 18.7. The highest BCUT2D eigenvalue weighted by molar-refractivity contribution is 5.80. The molecule has 0 bridgehead atoms. The number of anilines is 1. The molecule has 7 nitrogen and oxygen atoms in total. The third-order valence-electron chi connectivity index (χ3n) is 6.65. The Morgan fingerprint density at radius 2 is 1.85 bits per heavy atom. The molecule has 1 atom stereocenters. The number of halogens is 3. The van der Waals surface area contributed by atoms with Crippen LogP contribution in [0, 0.1) is 26.7 Å². The topological polar surface area (TPSA) is 76.9 Å². The van der Waals surface area contributed by atoms with Gasteiger partial charge in [0.1, 0.15) is 6.10 Å². The number of hydrogen-bond acceptors (Lipinski definition) is 7. The van der Waals surface area contributed by atoms with E-state index < -0.39 is 12.1 Å². The SMILES string of the molecule is Cc1cc([C@@H]2CN(c3nc4nc(C)c(C)cc4c([C@H]4C[C@H](C(F)(F)F)C4)n3)CCO2)cnn1. The Bertz CT molecular complexity index is 1190. The summed E-state index contributed by atoms with van der Waals surface area (Å²) in [5, 5.41) is 8.76. The van der Waals surface area contributed by atoms with Gasteiger partial charge in [-0.15, -0.1) is 0 Å². The number of pyridine rings is 1. The lowest BCUT2D eigenvalue weighted by atomic mass is 9.72. The summed E-state index contributed by atoms with van der Waals surface area (Å²) in [6.07, 6.45) is -2.60. The van der Waals surface area contributed by atoms with E-state index in [-0.39, 0.29) is 24.9 Å². The van der Waals surface area contributed by atoms with Crippen LogP contribution in [0.15, 0.2) is 18.3 Å². The molecule has 174 valence electrons. The van der Waals surface area contributed by atoms with Crippen molar-refractivity contribution in [2.45, 2.75) is 51.8 Å². The minimum absolute atomic E-state index is 0.0513. The van der Waals surface area contributed by atoms with Gasteiger partial charge in [-0.1, -0.05) is 0 Å². The lowest BCUT2D eigenvalue weighted by molar-refractivity contribution is -0.197. The van der Waals surface area contributed by atoms with Crippen molar-refractivity contribution in [3.63, 3.8) is 0 Å². The van der Waals surface area contributed by atoms with E-state index >= 15 is 0 Å². The van der Waals surface area contributed by atoms with Gasteiger partial charge in [0.25, 0.3) is 0 Å². The van der Waals surface area contributed by atoms with E-state index in [2.05, 4.69) is 15.2 Å². The molecule has 4 heterocycles. The normalized spacial score (nSPS) is 23.6. The summed E-state index contributed by atoms with van der Waals surface area (Å²) in [7, 11) is 0. The maximum atomic E-state index is 13.1. The van der Waals surface area contributed by atoms with Crippen LogP contribution in [0.5, 0.6) is 0 Å². The summed E-state index contributed by atoms with van der Waals surface area (Å²) in [4.78, 5) is 16.2. The van der Waals surface area contributed by atoms with Crippen LogP contribution < -0.4 is 4.90 Å². The first-order chi connectivity index (χ1) is 15.7. The smallest absolute Gasteiger partial charge is 0.370 e. The van der Waals surface area contributed by atoms with Crippen molar-refractivity contribution in [3.05, 3.63) is 46.5 Å². The Kier molecular flexibility index (Phi) is 5.43. The Morgan fingerprint density at radius 3 is 2.58 bits per heavy atom. The summed E-state index contributed by atoms with van der Waals surface area (Å²) >= 11 is 0. The average molecular weight is 458 g/mol. The van der Waals surface area contributed by atoms with Crippen LogP contribution in [0.2, 0.25) is 0 Å². The van der Waals surface area contributed by atoms with Crippen LogP contribution >= 0.6 is 0 Å². The predicted octanol–water partition coefficient (Wildman–Crippen LogP) is 4.37. The van der Waals surface area contributed by atoms with Crippen LogP contribution in [0.3, 0.4) is 0 Å². The number of hydrogen-bond donors (Lipinski definition) is 0. The number of ether oxygens (including phenoxy) is 1. The first-order valence-electron chi connectivity index (χ1n) is 11.1. The molecular formula is C23H25F3N6O. The fraction of sp³-hybridized carbons (Fsp3) is 0.522. The van der Waals surface area contributed by atoms with Gasteiger partial charge in [-0.25, -0.2) is 9.97 Å². The highest BCUT2D eigenvalue weighted by Crippen LogP contribution is 2.50. The number of alkyl halides is 3. The monoisotopic (exact) mass is 458 g/mol. The second-order valence-corrected chi connectivity index (χ2v) is 9.01. The first-order valence-corrected chi connectivity index (χ1v) is 11.1. The van der Waals surface area contributed by atoms with Crippen molar-refractivity contribution in [1.29, 1.82) is 0 Å². The maximum absolute atomic E-state index is 13.1. The van der Waals surface area contributed by atoms with Crippen molar-refractivity contribution in [2.24, 2.45) is 5.92 Å². The molecule has 0 N–H and O–H groups in total.